The Labute approximate surface area is 148 Å². The standard InChI is InChI=1S/C17H21F3N2O4/c1-11(12-2-4-14(5-3-12)26-10-17(18,19)20)21-16(25)22-8-6-13(7-9-22)15(23)24/h2-5,11,13H,6-10H2,1H3,(H,21,25)(H,23,24). The zero-order chi connectivity index (χ0) is 19.3. The minimum absolute atomic E-state index is 0.0975. The molecule has 1 aromatic rings. The van der Waals surface area contributed by atoms with E-state index in [1.54, 1.807) is 24.0 Å². The second kappa shape index (κ2) is 8.29. The van der Waals surface area contributed by atoms with Crippen LogP contribution in [0.2, 0.25) is 0 Å². The van der Waals surface area contributed by atoms with Crippen LogP contribution < -0.4 is 10.1 Å². The highest BCUT2D eigenvalue weighted by Crippen LogP contribution is 2.22. The first kappa shape index (κ1) is 19.9. The summed E-state index contributed by atoms with van der Waals surface area (Å²) in [4.78, 5) is 24.8. The Balaban J connectivity index is 1.84. The molecule has 0 saturated carbocycles. The van der Waals surface area contributed by atoms with Crippen molar-refractivity contribution in [2.75, 3.05) is 19.7 Å². The maximum absolute atomic E-state index is 12.3. The van der Waals surface area contributed by atoms with Crippen LogP contribution in [0.5, 0.6) is 5.75 Å². The second-order valence-electron chi connectivity index (χ2n) is 6.24. The molecule has 0 radical (unpaired) electrons. The first-order valence-corrected chi connectivity index (χ1v) is 8.23. The number of carboxylic acid groups (broad SMARTS) is 1. The molecule has 1 saturated heterocycles. The molecule has 1 unspecified atom stereocenters. The molecule has 1 aromatic carbocycles. The van der Waals surface area contributed by atoms with Crippen LogP contribution in [-0.2, 0) is 4.79 Å². The Morgan fingerprint density at radius 3 is 2.35 bits per heavy atom. The number of carbonyl (C=O) groups excluding carboxylic acids is 1. The number of halogens is 3. The van der Waals surface area contributed by atoms with Gasteiger partial charge in [-0.1, -0.05) is 12.1 Å². The molecular formula is C17H21F3N2O4. The molecule has 1 aliphatic rings. The Morgan fingerprint density at radius 1 is 1.27 bits per heavy atom. The molecule has 1 fully saturated rings. The number of hydrogen-bond donors (Lipinski definition) is 2. The number of hydrogen-bond acceptors (Lipinski definition) is 3. The number of urea groups is 1. The lowest BCUT2D eigenvalue weighted by Crippen LogP contribution is -2.46. The van der Waals surface area contributed by atoms with E-state index in [2.05, 4.69) is 10.1 Å². The molecular weight excluding hydrogens is 353 g/mol. The minimum atomic E-state index is -4.39. The van der Waals surface area contributed by atoms with E-state index in [0.29, 0.717) is 25.9 Å². The van der Waals surface area contributed by atoms with Crippen LogP contribution in [0.1, 0.15) is 31.4 Å². The average molecular weight is 374 g/mol. The summed E-state index contributed by atoms with van der Waals surface area (Å²) in [6.07, 6.45) is -3.56. The van der Waals surface area contributed by atoms with Gasteiger partial charge in [0.05, 0.1) is 12.0 Å². The quantitative estimate of drug-likeness (QED) is 0.830. The molecule has 2 rings (SSSR count). The van der Waals surface area contributed by atoms with Crippen molar-refractivity contribution in [3.05, 3.63) is 29.8 Å². The smallest absolute Gasteiger partial charge is 0.422 e. The molecule has 1 aliphatic heterocycles. The summed E-state index contributed by atoms with van der Waals surface area (Å²) < 4.78 is 41.0. The van der Waals surface area contributed by atoms with E-state index in [1.165, 1.54) is 12.1 Å². The van der Waals surface area contributed by atoms with E-state index < -0.39 is 24.7 Å². The number of nitrogens with one attached hydrogen (secondary N) is 1. The number of carbonyl (C=O) groups is 2. The van der Waals surface area contributed by atoms with Gasteiger partial charge < -0.3 is 20.1 Å². The fraction of sp³-hybridized carbons (Fsp3) is 0.529. The number of likely N-dealkylation sites (tertiary alicyclic amines) is 1. The van der Waals surface area contributed by atoms with Crippen LogP contribution >= 0.6 is 0 Å². The van der Waals surface area contributed by atoms with Gasteiger partial charge in [0.2, 0.25) is 0 Å². The SMILES string of the molecule is CC(NC(=O)N1CCC(C(=O)O)CC1)c1ccc(OCC(F)(F)F)cc1. The Kier molecular flexibility index (Phi) is 6.33. The maximum Gasteiger partial charge on any atom is 0.422 e. The van der Waals surface area contributed by atoms with Crippen molar-refractivity contribution in [3.63, 3.8) is 0 Å². The van der Waals surface area contributed by atoms with Crippen molar-refractivity contribution < 1.29 is 32.6 Å². The van der Waals surface area contributed by atoms with Crippen LogP contribution in [0.15, 0.2) is 24.3 Å². The predicted octanol–water partition coefficient (Wildman–Crippen LogP) is 3.19. The maximum atomic E-state index is 12.3. The molecule has 6 nitrogen and oxygen atoms in total. The van der Waals surface area contributed by atoms with Gasteiger partial charge in [0.1, 0.15) is 5.75 Å². The Hall–Kier alpha value is -2.45. The number of nitrogens with zero attached hydrogens (tertiary/aromatic N) is 1. The molecule has 1 atom stereocenters. The molecule has 2 amide bonds. The van der Waals surface area contributed by atoms with Gasteiger partial charge in [0.15, 0.2) is 6.61 Å². The molecule has 2 N–H and O–H groups in total. The number of rotatable bonds is 5. The molecule has 144 valence electrons. The fourth-order valence-electron chi connectivity index (χ4n) is 2.71. The van der Waals surface area contributed by atoms with E-state index >= 15 is 0 Å². The lowest BCUT2D eigenvalue weighted by Gasteiger charge is -2.31. The molecule has 9 heteroatoms. The lowest BCUT2D eigenvalue weighted by atomic mass is 9.97. The normalized spacial score (nSPS) is 16.8. The van der Waals surface area contributed by atoms with Crippen LogP contribution in [0.3, 0.4) is 0 Å². The summed E-state index contributed by atoms with van der Waals surface area (Å²) in [5.41, 5.74) is 0.720. The molecule has 0 aliphatic carbocycles. The summed E-state index contributed by atoms with van der Waals surface area (Å²) in [6.45, 7) is 1.15. The monoisotopic (exact) mass is 374 g/mol. The topological polar surface area (TPSA) is 78.9 Å². The van der Waals surface area contributed by atoms with Crippen molar-refractivity contribution in [2.24, 2.45) is 5.92 Å². The number of amides is 2. The highest BCUT2D eigenvalue weighted by atomic mass is 19.4. The number of alkyl halides is 3. The third kappa shape index (κ3) is 5.82. The van der Waals surface area contributed by atoms with Crippen molar-refractivity contribution in [2.45, 2.75) is 32.0 Å². The van der Waals surface area contributed by atoms with E-state index in [0.717, 1.165) is 5.56 Å². The molecule has 26 heavy (non-hydrogen) atoms. The first-order chi connectivity index (χ1) is 12.2. The van der Waals surface area contributed by atoms with Gasteiger partial charge >= 0.3 is 18.2 Å². The van der Waals surface area contributed by atoms with E-state index in [-0.39, 0.29) is 17.8 Å². The summed E-state index contributed by atoms with van der Waals surface area (Å²) in [6, 6.07) is 5.38. The van der Waals surface area contributed by atoms with Gasteiger partial charge in [0, 0.05) is 13.1 Å². The van der Waals surface area contributed by atoms with Gasteiger partial charge in [-0.05, 0) is 37.5 Å². The number of aliphatic carboxylic acids is 1. The minimum Gasteiger partial charge on any atom is -0.484 e. The molecule has 1 heterocycles. The third-order valence-electron chi connectivity index (χ3n) is 4.25. The van der Waals surface area contributed by atoms with Gasteiger partial charge in [-0.25, -0.2) is 4.79 Å². The van der Waals surface area contributed by atoms with Crippen LogP contribution in [0.4, 0.5) is 18.0 Å². The Bertz CT molecular complexity index is 626. The van der Waals surface area contributed by atoms with Crippen LogP contribution in [0, 0.1) is 5.92 Å². The Morgan fingerprint density at radius 2 is 1.85 bits per heavy atom. The fourth-order valence-corrected chi connectivity index (χ4v) is 2.71. The number of ether oxygens (including phenoxy) is 1. The summed E-state index contributed by atoms with van der Waals surface area (Å²) in [7, 11) is 0. The van der Waals surface area contributed by atoms with Gasteiger partial charge in [-0.2, -0.15) is 13.2 Å². The summed E-state index contributed by atoms with van der Waals surface area (Å²) in [5, 5.41) is 11.8. The van der Waals surface area contributed by atoms with Crippen LogP contribution in [-0.4, -0.2) is 47.9 Å². The van der Waals surface area contributed by atoms with Gasteiger partial charge in [-0.3, -0.25) is 4.79 Å². The van der Waals surface area contributed by atoms with E-state index in [9.17, 15) is 22.8 Å². The van der Waals surface area contributed by atoms with Gasteiger partial charge in [0.25, 0.3) is 0 Å². The van der Waals surface area contributed by atoms with Crippen LogP contribution in [0.25, 0.3) is 0 Å². The lowest BCUT2D eigenvalue weighted by molar-refractivity contribution is -0.153. The van der Waals surface area contributed by atoms with Crippen molar-refractivity contribution in [1.29, 1.82) is 0 Å². The van der Waals surface area contributed by atoms with E-state index in [1.807, 2.05) is 0 Å². The highest BCUT2D eigenvalue weighted by molar-refractivity contribution is 5.75. The zero-order valence-electron chi connectivity index (χ0n) is 14.3. The van der Waals surface area contributed by atoms with Gasteiger partial charge in [-0.15, -0.1) is 0 Å². The number of carboxylic acids is 1. The van der Waals surface area contributed by atoms with Crippen molar-refractivity contribution in [3.8, 4) is 5.75 Å². The second-order valence-corrected chi connectivity index (χ2v) is 6.24. The number of piperidine rings is 1. The van der Waals surface area contributed by atoms with Crippen molar-refractivity contribution in [1.82, 2.24) is 10.2 Å². The predicted molar refractivity (Wildman–Crippen MR) is 86.9 cm³/mol. The third-order valence-corrected chi connectivity index (χ3v) is 4.25. The summed E-state index contributed by atoms with van der Waals surface area (Å²) >= 11 is 0. The largest absolute Gasteiger partial charge is 0.484 e. The first-order valence-electron chi connectivity index (χ1n) is 8.23. The zero-order valence-corrected chi connectivity index (χ0v) is 14.3. The summed E-state index contributed by atoms with van der Waals surface area (Å²) in [5.74, 6) is -1.16. The van der Waals surface area contributed by atoms with E-state index in [4.69, 9.17) is 5.11 Å². The molecule has 0 spiro atoms. The van der Waals surface area contributed by atoms with Crippen molar-refractivity contribution >= 4 is 12.0 Å². The number of benzene rings is 1. The molecule has 0 aromatic heterocycles. The highest BCUT2D eigenvalue weighted by Gasteiger charge is 2.29. The molecule has 0 bridgehead atoms. The average Bonchev–Trinajstić information content (AvgIpc) is 2.59.